The summed E-state index contributed by atoms with van der Waals surface area (Å²) in [5.41, 5.74) is 0. The van der Waals surface area contributed by atoms with Crippen molar-refractivity contribution in [2.45, 2.75) is 20.0 Å². The zero-order chi connectivity index (χ0) is 9.99. The van der Waals surface area contributed by atoms with Crippen molar-refractivity contribution in [1.82, 2.24) is 0 Å². The molecule has 1 atom stereocenters. The molecule has 7 nitrogen and oxygen atoms in total. The molecule has 0 aromatic heterocycles. The monoisotopic (exact) mass is 222 g/mol. The summed E-state index contributed by atoms with van der Waals surface area (Å²) in [4.78, 5) is 33.5. The number of phosphoric ester groups is 1. The second-order valence-electron chi connectivity index (χ2n) is 2.29. The Balaban J connectivity index is 4.15. The number of hydrogen-bond acceptors (Lipinski definition) is 6. The van der Waals surface area contributed by atoms with Gasteiger partial charge in [0.05, 0.1) is 0 Å². The van der Waals surface area contributed by atoms with Gasteiger partial charge in [-0.05, 0) is 0 Å². The Morgan fingerprint density at radius 3 is 2.00 bits per heavy atom. The Kier molecular flexibility index (Phi) is 4.23. The van der Waals surface area contributed by atoms with Crippen molar-refractivity contribution in [1.29, 1.82) is 0 Å². The van der Waals surface area contributed by atoms with Crippen molar-refractivity contribution in [3.63, 3.8) is 0 Å². The van der Waals surface area contributed by atoms with E-state index < -0.39 is 22.1 Å². The zero-order valence-corrected chi connectivity index (χ0v) is 8.43. The van der Waals surface area contributed by atoms with Gasteiger partial charge in [-0.1, -0.05) is 0 Å². The average molecular weight is 222 g/mol. The average Bonchev–Trinajstić information content (AvgIpc) is 1.48. The number of phosphoric acid groups is 1. The fourth-order valence-electron chi connectivity index (χ4n) is 0.443. The van der Waals surface area contributed by atoms with E-state index in [1.807, 2.05) is 0 Å². The Labute approximate surface area is 69.9 Å². The number of rotatable bonds is 4. The third-order valence-electron chi connectivity index (χ3n) is 0.582. The van der Waals surface area contributed by atoms with Gasteiger partial charge < -0.3 is 0 Å². The van der Waals surface area contributed by atoms with Gasteiger partial charge in [-0.2, -0.15) is 0 Å². The molecular formula is C3H12O7P2. The van der Waals surface area contributed by atoms with Crippen molar-refractivity contribution >= 4 is 16.0 Å². The van der Waals surface area contributed by atoms with Gasteiger partial charge in [0.1, 0.15) is 0 Å². The quantitative estimate of drug-likeness (QED) is 0.491. The van der Waals surface area contributed by atoms with E-state index >= 15 is 0 Å². The molecule has 0 amide bonds. The first kappa shape index (κ1) is 12.4. The van der Waals surface area contributed by atoms with E-state index in [1.54, 1.807) is 0 Å². The molecule has 0 aromatic rings. The van der Waals surface area contributed by atoms with Crippen LogP contribution >= 0.6 is 16.0 Å². The molecule has 12 heavy (non-hydrogen) atoms. The molecule has 0 saturated carbocycles. The van der Waals surface area contributed by atoms with Crippen molar-refractivity contribution in [2.75, 3.05) is 0 Å². The molecule has 0 spiro atoms. The topological polar surface area (TPSA) is 116 Å². The minimum absolute atomic E-state index is 0.628. The fourth-order valence-corrected chi connectivity index (χ4v) is 2.39. The summed E-state index contributed by atoms with van der Waals surface area (Å²) in [6.07, 6.45) is -0.628. The molecule has 0 saturated heterocycles. The molecule has 0 aliphatic rings. The molecule has 0 radical (unpaired) electrons. The van der Waals surface area contributed by atoms with Gasteiger partial charge in [-0.3, -0.25) is 0 Å². The second kappa shape index (κ2) is 4.09. The van der Waals surface area contributed by atoms with E-state index in [0.29, 0.717) is 0 Å². The predicted molar refractivity (Wildman–Crippen MR) is 42.1 cm³/mol. The van der Waals surface area contributed by atoms with E-state index in [4.69, 9.17) is 19.6 Å². The molecule has 0 rings (SSSR count). The molecule has 0 heterocycles. The third-order valence-corrected chi connectivity index (χ3v) is 3.17. The molecular weight excluding hydrogens is 210 g/mol. The summed E-state index contributed by atoms with van der Waals surface area (Å²) in [5.74, 6) is 0. The summed E-state index contributed by atoms with van der Waals surface area (Å²) < 4.78 is 18.6. The Morgan fingerprint density at radius 2 is 1.75 bits per heavy atom. The van der Waals surface area contributed by atoms with Crippen LogP contribution in [0.15, 0.2) is 0 Å². The first-order valence-corrected chi connectivity index (χ1v) is 6.26. The molecule has 0 aromatic carbocycles. The fraction of sp³-hybridized carbons (Fsp3) is 1.00. The molecule has 0 aliphatic heterocycles. The second-order valence-corrected chi connectivity index (χ2v) is 5.31. The molecule has 9 heteroatoms. The van der Waals surface area contributed by atoms with Crippen LogP contribution in [0.1, 0.15) is 13.8 Å². The molecule has 0 fully saturated rings. The predicted octanol–water partition coefficient (Wildman–Crippen LogP) is -0.0848. The van der Waals surface area contributed by atoms with Crippen LogP contribution in [0, 0.1) is 0 Å². The molecule has 76 valence electrons. The summed E-state index contributed by atoms with van der Waals surface area (Å²) in [5, 5.41) is 0. The van der Waals surface area contributed by atoms with Crippen LogP contribution in [-0.4, -0.2) is 25.7 Å². The first-order valence-electron chi connectivity index (χ1n) is 3.01. The van der Waals surface area contributed by atoms with Crippen LogP contribution in [0.5, 0.6) is 0 Å². The van der Waals surface area contributed by atoms with Gasteiger partial charge >= 0.3 is 68.9 Å². The minimum atomic E-state index is -5.00. The maximum absolute atomic E-state index is 10.7. The van der Waals surface area contributed by atoms with Crippen molar-refractivity contribution in [3.8, 4) is 0 Å². The van der Waals surface area contributed by atoms with Crippen LogP contribution in [-0.2, 0) is 13.4 Å². The molecule has 4 N–H and O–H groups in total. The van der Waals surface area contributed by atoms with Crippen LogP contribution in [0.2, 0.25) is 0 Å². The van der Waals surface area contributed by atoms with Crippen LogP contribution in [0.3, 0.4) is 0 Å². The van der Waals surface area contributed by atoms with Crippen LogP contribution in [0.4, 0.5) is 0 Å². The summed E-state index contributed by atoms with van der Waals surface area (Å²) in [6.45, 7) is 2.89. The van der Waals surface area contributed by atoms with Crippen LogP contribution < -0.4 is 0 Å². The van der Waals surface area contributed by atoms with Gasteiger partial charge in [-0.25, -0.2) is 0 Å². The van der Waals surface area contributed by atoms with Crippen molar-refractivity contribution in [3.05, 3.63) is 0 Å². The summed E-state index contributed by atoms with van der Waals surface area (Å²) >= 11 is 0. The van der Waals surface area contributed by atoms with E-state index in [9.17, 15) is 4.57 Å². The first-order chi connectivity index (χ1) is 5.12. The van der Waals surface area contributed by atoms with Crippen molar-refractivity contribution in [2.24, 2.45) is 0 Å². The third kappa shape index (κ3) is 7.09. The Bertz CT molecular complexity index is 184. The van der Waals surface area contributed by atoms with Crippen LogP contribution in [0.25, 0.3) is 0 Å². The molecule has 0 aliphatic carbocycles. The summed E-state index contributed by atoms with van der Waals surface area (Å²) in [6, 6.07) is 0. The maximum atomic E-state index is 10.7. The van der Waals surface area contributed by atoms with Gasteiger partial charge in [-0.15, -0.1) is 0 Å². The van der Waals surface area contributed by atoms with Gasteiger partial charge in [0.25, 0.3) is 0 Å². The number of hydrogen-bond donors (Lipinski definition) is 4. The Morgan fingerprint density at radius 1 is 1.33 bits per heavy atom. The van der Waals surface area contributed by atoms with E-state index in [-0.39, 0.29) is 0 Å². The SMILES string of the molecule is CC(C)OP(=O)(O)O[PH](O)(O)O. The van der Waals surface area contributed by atoms with Gasteiger partial charge in [0, 0.05) is 0 Å². The van der Waals surface area contributed by atoms with E-state index in [0.717, 1.165) is 0 Å². The van der Waals surface area contributed by atoms with Crippen molar-refractivity contribution < 1.29 is 33.0 Å². The standard InChI is InChI=1S/C3H12O7P2/c1-3(2)9-12(7,8)10-11(4,5)6/h3-6,11H,1-2H3,(H,7,8). The molecule has 1 unspecified atom stereocenters. The van der Waals surface area contributed by atoms with E-state index in [1.165, 1.54) is 13.8 Å². The Hall–Kier alpha value is 0.420. The zero-order valence-electron chi connectivity index (χ0n) is 6.54. The van der Waals surface area contributed by atoms with E-state index in [2.05, 4.69) is 8.83 Å². The van der Waals surface area contributed by atoms with Gasteiger partial charge in [0.15, 0.2) is 0 Å². The van der Waals surface area contributed by atoms with Gasteiger partial charge in [0.2, 0.25) is 0 Å². The summed E-state index contributed by atoms with van der Waals surface area (Å²) in [7, 11) is -9.56. The normalized spacial score (nSPS) is 19.2. The molecule has 0 bridgehead atoms.